The van der Waals surface area contributed by atoms with E-state index in [2.05, 4.69) is 4.98 Å². The molecule has 0 unspecified atom stereocenters. The third-order valence-corrected chi connectivity index (χ3v) is 6.05. The van der Waals surface area contributed by atoms with Gasteiger partial charge in [0.05, 0.1) is 4.92 Å². The van der Waals surface area contributed by atoms with E-state index in [9.17, 15) is 18.5 Å². The second-order valence-electron chi connectivity index (χ2n) is 5.08. The Bertz CT molecular complexity index is 654. The quantitative estimate of drug-likeness (QED) is 0.557. The molecule has 1 aliphatic heterocycles. The lowest BCUT2D eigenvalue weighted by Crippen LogP contribution is -2.53. The van der Waals surface area contributed by atoms with E-state index >= 15 is 0 Å². The van der Waals surface area contributed by atoms with Gasteiger partial charge in [0, 0.05) is 51.5 Å². The minimum Gasteiger partial charge on any atom is -0.348 e. The largest absolute Gasteiger partial charge is 0.348 e. The number of hydrogen-bond donors (Lipinski definition) is 0. The van der Waals surface area contributed by atoms with Crippen LogP contribution in [0.4, 0.5) is 11.5 Å². The summed E-state index contributed by atoms with van der Waals surface area (Å²) in [5, 5.41) is 11.1. The van der Waals surface area contributed by atoms with E-state index in [-0.39, 0.29) is 24.6 Å². The van der Waals surface area contributed by atoms with Crippen molar-refractivity contribution in [3.63, 3.8) is 0 Å². The summed E-state index contributed by atoms with van der Waals surface area (Å²) in [7, 11) is -3.47. The summed E-state index contributed by atoms with van der Waals surface area (Å²) in [6.07, 6.45) is 1.50. The smallest absolute Gasteiger partial charge is 0.311 e. The molecule has 0 saturated carbocycles. The highest BCUT2D eigenvalue weighted by molar-refractivity contribution is 7.86. The third kappa shape index (κ3) is 3.59. The summed E-state index contributed by atoms with van der Waals surface area (Å²) < 4.78 is 27.8. The lowest BCUT2D eigenvalue weighted by molar-refractivity contribution is -0.384. The summed E-state index contributed by atoms with van der Waals surface area (Å²) in [5.74, 6) is 0.289. The predicted molar refractivity (Wildman–Crippen MR) is 86.5 cm³/mol. The normalized spacial score (nSPS) is 16.7. The van der Waals surface area contributed by atoms with Crippen molar-refractivity contribution in [2.75, 3.05) is 44.2 Å². The second kappa shape index (κ2) is 7.20. The summed E-state index contributed by atoms with van der Waals surface area (Å²) >= 11 is 0. The zero-order valence-corrected chi connectivity index (χ0v) is 14.1. The Morgan fingerprint density at radius 2 is 1.87 bits per heavy atom. The molecule has 0 radical (unpaired) electrons. The van der Waals surface area contributed by atoms with Crippen molar-refractivity contribution in [3.8, 4) is 0 Å². The van der Waals surface area contributed by atoms with Crippen LogP contribution in [0.3, 0.4) is 0 Å². The molecule has 2 heterocycles. The maximum atomic E-state index is 12.5. The number of hydrogen-bond acceptors (Lipinski definition) is 6. The molecule has 0 N–H and O–H groups in total. The Hall–Kier alpha value is -1.78. The van der Waals surface area contributed by atoms with Crippen LogP contribution in [0.15, 0.2) is 18.3 Å². The molecular weight excluding hydrogens is 322 g/mol. The predicted octanol–water partition coefficient (Wildman–Crippen LogP) is 0.698. The van der Waals surface area contributed by atoms with Gasteiger partial charge in [0.1, 0.15) is 0 Å². The summed E-state index contributed by atoms with van der Waals surface area (Å²) in [5.41, 5.74) is -0.0625. The van der Waals surface area contributed by atoms with Crippen molar-refractivity contribution in [2.45, 2.75) is 13.8 Å². The number of piperazine rings is 1. The maximum Gasteiger partial charge on any atom is 0.311 e. The number of nitrogens with zero attached hydrogens (tertiary/aromatic N) is 5. The first-order valence-electron chi connectivity index (χ1n) is 7.51. The van der Waals surface area contributed by atoms with E-state index in [1.54, 1.807) is 18.7 Å². The molecule has 0 bridgehead atoms. The lowest BCUT2D eigenvalue weighted by Gasteiger charge is -2.36. The molecule has 1 fully saturated rings. The Kier molecular flexibility index (Phi) is 5.50. The van der Waals surface area contributed by atoms with Crippen LogP contribution >= 0.6 is 0 Å². The van der Waals surface area contributed by atoms with E-state index in [4.69, 9.17) is 0 Å². The number of nitro groups is 1. The van der Waals surface area contributed by atoms with Crippen LogP contribution in [-0.2, 0) is 10.2 Å². The second-order valence-corrected chi connectivity index (χ2v) is 7.01. The number of rotatable bonds is 6. The third-order valence-electron chi connectivity index (χ3n) is 3.86. The van der Waals surface area contributed by atoms with Crippen LogP contribution in [0.1, 0.15) is 13.8 Å². The summed E-state index contributed by atoms with van der Waals surface area (Å²) in [6, 6.07) is 2.92. The van der Waals surface area contributed by atoms with Gasteiger partial charge >= 0.3 is 5.69 Å². The number of anilines is 1. The molecule has 0 aliphatic carbocycles. The molecule has 128 valence electrons. The highest BCUT2D eigenvalue weighted by atomic mass is 32.2. The van der Waals surface area contributed by atoms with Crippen molar-refractivity contribution in [3.05, 3.63) is 28.4 Å². The molecular formula is C13H21N5O4S. The monoisotopic (exact) mass is 343 g/mol. The average Bonchev–Trinajstić information content (AvgIpc) is 2.56. The zero-order chi connectivity index (χ0) is 17.0. The van der Waals surface area contributed by atoms with Crippen LogP contribution in [0, 0.1) is 10.1 Å². The van der Waals surface area contributed by atoms with Gasteiger partial charge in [-0.1, -0.05) is 13.8 Å². The van der Waals surface area contributed by atoms with Crippen molar-refractivity contribution in [1.29, 1.82) is 0 Å². The molecule has 10 heteroatoms. The first-order chi connectivity index (χ1) is 10.9. The minimum atomic E-state index is -3.47. The Morgan fingerprint density at radius 1 is 1.26 bits per heavy atom. The van der Waals surface area contributed by atoms with Gasteiger partial charge in [-0.15, -0.1) is 0 Å². The van der Waals surface area contributed by atoms with E-state index in [1.165, 1.54) is 26.9 Å². The Balaban J connectivity index is 2.12. The van der Waals surface area contributed by atoms with Gasteiger partial charge in [-0.05, 0) is 6.07 Å². The van der Waals surface area contributed by atoms with Gasteiger partial charge in [0.25, 0.3) is 10.2 Å². The van der Waals surface area contributed by atoms with Crippen molar-refractivity contribution in [1.82, 2.24) is 13.6 Å². The Morgan fingerprint density at radius 3 is 2.39 bits per heavy atom. The fourth-order valence-corrected chi connectivity index (χ4v) is 4.22. The van der Waals surface area contributed by atoms with Crippen molar-refractivity contribution >= 4 is 21.7 Å². The van der Waals surface area contributed by atoms with Crippen LogP contribution in [-0.4, -0.2) is 66.2 Å². The first-order valence-corrected chi connectivity index (χ1v) is 8.91. The van der Waals surface area contributed by atoms with Gasteiger partial charge in [0.2, 0.25) is 5.82 Å². The highest BCUT2D eigenvalue weighted by Crippen LogP contribution is 2.26. The van der Waals surface area contributed by atoms with Crippen LogP contribution < -0.4 is 4.90 Å². The molecule has 1 aromatic heterocycles. The van der Waals surface area contributed by atoms with Gasteiger partial charge in [-0.3, -0.25) is 10.1 Å². The summed E-state index contributed by atoms with van der Waals surface area (Å²) in [4.78, 5) is 16.5. The fourth-order valence-electron chi connectivity index (χ4n) is 2.62. The van der Waals surface area contributed by atoms with Gasteiger partial charge < -0.3 is 4.90 Å². The van der Waals surface area contributed by atoms with Gasteiger partial charge in [0.15, 0.2) is 0 Å². The molecule has 0 amide bonds. The van der Waals surface area contributed by atoms with E-state index < -0.39 is 15.1 Å². The van der Waals surface area contributed by atoms with Crippen LogP contribution in [0.2, 0.25) is 0 Å². The Labute approximate surface area is 135 Å². The van der Waals surface area contributed by atoms with Crippen LogP contribution in [0.25, 0.3) is 0 Å². The lowest BCUT2D eigenvalue weighted by atomic mass is 10.3. The molecule has 0 atom stereocenters. The van der Waals surface area contributed by atoms with Gasteiger partial charge in [-0.25, -0.2) is 4.98 Å². The van der Waals surface area contributed by atoms with Gasteiger partial charge in [-0.2, -0.15) is 17.0 Å². The fraction of sp³-hybridized carbons (Fsp3) is 0.615. The molecule has 23 heavy (non-hydrogen) atoms. The molecule has 2 rings (SSSR count). The highest BCUT2D eigenvalue weighted by Gasteiger charge is 2.32. The SMILES string of the molecule is CCN(CC)S(=O)(=O)N1CCN(c2ncccc2[N+](=O)[O-])CC1. The standard InChI is InChI=1S/C13H21N5O4S/c1-3-16(4-2)23(21,22)17-10-8-15(9-11-17)13-12(18(19)20)6-5-7-14-13/h5-7H,3-4,8-11H2,1-2H3. The van der Waals surface area contributed by atoms with Crippen molar-refractivity contribution in [2.24, 2.45) is 0 Å². The maximum absolute atomic E-state index is 12.5. The molecule has 9 nitrogen and oxygen atoms in total. The van der Waals surface area contributed by atoms with Crippen molar-refractivity contribution < 1.29 is 13.3 Å². The molecule has 1 saturated heterocycles. The average molecular weight is 343 g/mol. The first kappa shape index (κ1) is 17.6. The minimum absolute atomic E-state index is 0.0625. The molecule has 1 aliphatic rings. The molecule has 0 spiro atoms. The topological polar surface area (TPSA) is 99.9 Å². The molecule has 1 aromatic rings. The number of aromatic nitrogens is 1. The zero-order valence-electron chi connectivity index (χ0n) is 13.3. The van der Waals surface area contributed by atoms with Crippen LogP contribution in [0.5, 0.6) is 0 Å². The van der Waals surface area contributed by atoms with E-state index in [1.807, 2.05) is 0 Å². The number of pyridine rings is 1. The summed E-state index contributed by atoms with van der Waals surface area (Å²) in [6.45, 7) is 5.76. The van der Waals surface area contributed by atoms with E-state index in [0.29, 0.717) is 26.2 Å². The van der Waals surface area contributed by atoms with E-state index in [0.717, 1.165) is 0 Å². The molecule has 0 aromatic carbocycles.